The fourth-order valence-electron chi connectivity index (χ4n) is 1.76. The molecular weight excluding hydrogens is 166 g/mol. The molecule has 0 aliphatic carbocycles. The van der Waals surface area contributed by atoms with Gasteiger partial charge in [-0.25, -0.2) is 0 Å². The van der Waals surface area contributed by atoms with Crippen LogP contribution in [0.4, 0.5) is 5.88 Å². The molecule has 0 spiro atoms. The number of furan rings is 1. The molecule has 71 valence electrons. The third kappa shape index (κ3) is 1.86. The Morgan fingerprint density at radius 3 is 2.62 bits per heavy atom. The number of morpholine rings is 1. The van der Waals surface area contributed by atoms with Crippen LogP contribution >= 0.6 is 0 Å². The molecule has 3 nitrogen and oxygen atoms in total. The van der Waals surface area contributed by atoms with Crippen LogP contribution in [0.15, 0.2) is 16.5 Å². The molecule has 0 bridgehead atoms. The van der Waals surface area contributed by atoms with Crippen LogP contribution < -0.4 is 4.90 Å². The second-order valence-electron chi connectivity index (χ2n) is 3.55. The fraction of sp³-hybridized carbons (Fsp3) is 0.600. The molecule has 2 rings (SSSR count). The molecule has 2 atom stereocenters. The van der Waals surface area contributed by atoms with E-state index in [0.29, 0.717) is 0 Å². The van der Waals surface area contributed by atoms with E-state index >= 15 is 0 Å². The summed E-state index contributed by atoms with van der Waals surface area (Å²) in [6.07, 6.45) is 3.24. The van der Waals surface area contributed by atoms with E-state index in [-0.39, 0.29) is 12.2 Å². The Hall–Kier alpha value is -0.960. The summed E-state index contributed by atoms with van der Waals surface area (Å²) in [5.41, 5.74) is 0. The maximum absolute atomic E-state index is 5.62. The topological polar surface area (TPSA) is 25.6 Å². The highest BCUT2D eigenvalue weighted by atomic mass is 16.5. The third-order valence-electron chi connectivity index (χ3n) is 2.19. The second kappa shape index (κ2) is 3.42. The number of nitrogens with zero attached hydrogens (tertiary/aromatic N) is 1. The fourth-order valence-corrected chi connectivity index (χ4v) is 1.76. The van der Waals surface area contributed by atoms with Gasteiger partial charge < -0.3 is 14.1 Å². The monoisotopic (exact) mass is 180 g/mol. The number of hydrogen-bond donors (Lipinski definition) is 0. The van der Waals surface area contributed by atoms with E-state index in [0.717, 1.165) is 19.0 Å². The summed E-state index contributed by atoms with van der Waals surface area (Å²) >= 11 is 0. The van der Waals surface area contributed by atoms with Crippen molar-refractivity contribution in [2.45, 2.75) is 26.1 Å². The average molecular weight is 180 g/mol. The van der Waals surface area contributed by atoms with E-state index < -0.39 is 0 Å². The third-order valence-corrected chi connectivity index (χ3v) is 2.19. The van der Waals surface area contributed by atoms with Gasteiger partial charge in [-0.15, -0.1) is 0 Å². The highest BCUT2D eigenvalue weighted by molar-refractivity contribution is 5.35. The number of rotatable bonds is 1. The van der Waals surface area contributed by atoms with E-state index in [1.807, 2.05) is 6.07 Å². The van der Waals surface area contributed by atoms with Gasteiger partial charge in [-0.3, -0.25) is 0 Å². The molecule has 1 aliphatic heterocycles. The van der Waals surface area contributed by atoms with E-state index in [1.165, 1.54) is 0 Å². The van der Waals surface area contributed by atoms with Gasteiger partial charge in [-0.1, -0.05) is 0 Å². The first kappa shape index (κ1) is 8.63. The lowest BCUT2D eigenvalue weighted by Gasteiger charge is -2.34. The maximum atomic E-state index is 5.62. The van der Waals surface area contributed by atoms with Crippen LogP contribution in [0.1, 0.15) is 13.8 Å². The van der Waals surface area contributed by atoms with Crippen molar-refractivity contribution in [2.75, 3.05) is 18.0 Å². The highest BCUT2D eigenvalue weighted by Gasteiger charge is 2.23. The molecule has 3 heteroatoms. The lowest BCUT2D eigenvalue weighted by atomic mass is 10.2. The molecular formula is C10H14NO2. The Labute approximate surface area is 78.3 Å². The van der Waals surface area contributed by atoms with Gasteiger partial charge in [-0.05, 0) is 19.9 Å². The quantitative estimate of drug-likeness (QED) is 0.657. The van der Waals surface area contributed by atoms with Crippen LogP contribution in [0, 0.1) is 6.26 Å². The van der Waals surface area contributed by atoms with Crippen molar-refractivity contribution in [1.82, 2.24) is 0 Å². The van der Waals surface area contributed by atoms with Gasteiger partial charge in [-0.2, -0.15) is 0 Å². The Bertz CT molecular complexity index is 248. The van der Waals surface area contributed by atoms with E-state index in [9.17, 15) is 0 Å². The summed E-state index contributed by atoms with van der Waals surface area (Å²) in [5, 5.41) is 0. The predicted molar refractivity (Wildman–Crippen MR) is 49.8 cm³/mol. The molecule has 1 aliphatic rings. The minimum absolute atomic E-state index is 0.272. The zero-order chi connectivity index (χ0) is 9.26. The van der Waals surface area contributed by atoms with Crippen LogP contribution in [0.5, 0.6) is 0 Å². The first-order valence-corrected chi connectivity index (χ1v) is 4.62. The Morgan fingerprint density at radius 1 is 1.38 bits per heavy atom. The standard InChI is InChI=1S/C10H14NO2/c1-8-6-11(7-9(2)13-8)10-4-3-5-12-10/h3-4,8-9H,6-7H2,1-2H3. The summed E-state index contributed by atoms with van der Waals surface area (Å²) in [6.45, 7) is 5.95. The first-order valence-electron chi connectivity index (χ1n) is 4.62. The number of ether oxygens (including phenoxy) is 1. The molecule has 13 heavy (non-hydrogen) atoms. The average Bonchev–Trinajstić information content (AvgIpc) is 2.53. The van der Waals surface area contributed by atoms with Gasteiger partial charge in [0.25, 0.3) is 0 Å². The number of anilines is 1. The van der Waals surface area contributed by atoms with E-state index in [2.05, 4.69) is 25.0 Å². The van der Waals surface area contributed by atoms with Crippen LogP contribution in [0.25, 0.3) is 0 Å². The Balaban J connectivity index is 2.07. The highest BCUT2D eigenvalue weighted by Crippen LogP contribution is 2.19. The molecule has 1 saturated heterocycles. The Kier molecular flexibility index (Phi) is 2.27. The summed E-state index contributed by atoms with van der Waals surface area (Å²) in [7, 11) is 0. The lowest BCUT2D eigenvalue weighted by molar-refractivity contribution is -0.00641. The molecule has 1 radical (unpaired) electrons. The van der Waals surface area contributed by atoms with Crippen LogP contribution in [-0.2, 0) is 4.74 Å². The zero-order valence-electron chi connectivity index (χ0n) is 7.99. The van der Waals surface area contributed by atoms with Crippen LogP contribution in [0.3, 0.4) is 0 Å². The van der Waals surface area contributed by atoms with Crippen LogP contribution in [-0.4, -0.2) is 25.3 Å². The summed E-state index contributed by atoms with van der Waals surface area (Å²) < 4.78 is 10.8. The van der Waals surface area contributed by atoms with Crippen LogP contribution in [0.2, 0.25) is 0 Å². The second-order valence-corrected chi connectivity index (χ2v) is 3.55. The molecule has 0 saturated carbocycles. The molecule has 1 aromatic heterocycles. The summed E-state index contributed by atoms with van der Waals surface area (Å²) in [4.78, 5) is 2.19. The molecule has 0 amide bonds. The van der Waals surface area contributed by atoms with Gasteiger partial charge in [0.15, 0.2) is 12.1 Å². The van der Waals surface area contributed by atoms with Crippen molar-refractivity contribution in [1.29, 1.82) is 0 Å². The normalized spacial score (nSPS) is 29.2. The largest absolute Gasteiger partial charge is 0.437 e. The summed E-state index contributed by atoms with van der Waals surface area (Å²) in [6, 6.07) is 3.73. The molecule has 0 N–H and O–H groups in total. The van der Waals surface area contributed by atoms with Crippen molar-refractivity contribution in [2.24, 2.45) is 0 Å². The van der Waals surface area contributed by atoms with Crippen molar-refractivity contribution >= 4 is 5.88 Å². The molecule has 1 fully saturated rings. The van der Waals surface area contributed by atoms with Gasteiger partial charge >= 0.3 is 0 Å². The Morgan fingerprint density at radius 2 is 2.08 bits per heavy atom. The van der Waals surface area contributed by atoms with Gasteiger partial charge in [0, 0.05) is 19.2 Å². The summed E-state index contributed by atoms with van der Waals surface area (Å²) in [5.74, 6) is 0.891. The molecule has 1 aromatic rings. The SMILES string of the molecule is CC1CN(c2cc[c]o2)CC(C)O1. The smallest absolute Gasteiger partial charge is 0.196 e. The van der Waals surface area contributed by atoms with E-state index in [4.69, 9.17) is 9.15 Å². The van der Waals surface area contributed by atoms with Gasteiger partial charge in [0.2, 0.25) is 0 Å². The number of hydrogen-bond acceptors (Lipinski definition) is 3. The lowest BCUT2D eigenvalue weighted by Crippen LogP contribution is -2.45. The van der Waals surface area contributed by atoms with Crippen molar-refractivity contribution < 1.29 is 9.15 Å². The molecule has 0 aromatic carbocycles. The van der Waals surface area contributed by atoms with Crippen molar-refractivity contribution in [3.8, 4) is 0 Å². The van der Waals surface area contributed by atoms with Gasteiger partial charge in [0.05, 0.1) is 12.2 Å². The van der Waals surface area contributed by atoms with Gasteiger partial charge in [0.1, 0.15) is 0 Å². The first-order chi connectivity index (χ1) is 6.25. The minimum atomic E-state index is 0.272. The molecule has 2 heterocycles. The molecule has 2 unspecified atom stereocenters. The minimum Gasteiger partial charge on any atom is -0.437 e. The predicted octanol–water partition coefficient (Wildman–Crippen LogP) is 1.69. The van der Waals surface area contributed by atoms with E-state index in [1.54, 1.807) is 6.07 Å². The maximum Gasteiger partial charge on any atom is 0.196 e. The van der Waals surface area contributed by atoms with Crippen molar-refractivity contribution in [3.63, 3.8) is 0 Å². The van der Waals surface area contributed by atoms with Crippen molar-refractivity contribution in [3.05, 3.63) is 18.4 Å². The zero-order valence-corrected chi connectivity index (χ0v) is 7.99.